The molecule has 0 amide bonds. The van der Waals surface area contributed by atoms with Crippen LogP contribution in [-0.4, -0.2) is 19.2 Å². The van der Waals surface area contributed by atoms with Gasteiger partial charge in [-0.15, -0.1) is 0 Å². The zero-order chi connectivity index (χ0) is 12.3. The molecular formula is C10H11ClFNO2S. The summed E-state index contributed by atoms with van der Waals surface area (Å²) in [5.74, 6) is -1.30. The highest BCUT2D eigenvalue weighted by Gasteiger charge is 2.19. The maximum absolute atomic E-state index is 13.3. The second-order valence-corrected chi connectivity index (χ2v) is 5.88. The number of hydrogen-bond donors (Lipinski definition) is 0. The molecule has 0 aliphatic heterocycles. The molecule has 16 heavy (non-hydrogen) atoms. The van der Waals surface area contributed by atoms with Crippen LogP contribution in [0.15, 0.2) is 28.7 Å². The maximum atomic E-state index is 13.3. The van der Waals surface area contributed by atoms with Crippen LogP contribution in [-0.2, 0) is 9.84 Å². The summed E-state index contributed by atoms with van der Waals surface area (Å²) in [6.45, 7) is 3.54. The van der Waals surface area contributed by atoms with Gasteiger partial charge < -0.3 is 0 Å². The Morgan fingerprint density at radius 1 is 1.50 bits per heavy atom. The third kappa shape index (κ3) is 3.28. The van der Waals surface area contributed by atoms with Crippen molar-refractivity contribution in [3.63, 3.8) is 0 Å². The standard InChI is InChI=1S/C10H11ClFNO2S/c1-7(2)5-6-16(14,15)8-3-4-9(11)13-10(8)12/h3-5H,6H2,1-2H3. The van der Waals surface area contributed by atoms with E-state index in [0.29, 0.717) is 0 Å². The molecule has 0 radical (unpaired) electrons. The number of allylic oxidation sites excluding steroid dienone is 1. The third-order valence-corrected chi connectivity index (χ3v) is 3.62. The lowest BCUT2D eigenvalue weighted by Crippen LogP contribution is -2.08. The Bertz CT molecular complexity index is 522. The molecule has 0 spiro atoms. The van der Waals surface area contributed by atoms with Gasteiger partial charge in [0.15, 0.2) is 9.84 Å². The number of pyridine rings is 1. The molecular weight excluding hydrogens is 253 g/mol. The van der Waals surface area contributed by atoms with E-state index in [0.717, 1.165) is 11.6 Å². The Labute approximate surface area is 98.9 Å². The summed E-state index contributed by atoms with van der Waals surface area (Å²) in [6, 6.07) is 2.37. The molecule has 0 aromatic carbocycles. The number of hydrogen-bond acceptors (Lipinski definition) is 3. The van der Waals surface area contributed by atoms with Crippen molar-refractivity contribution in [1.29, 1.82) is 0 Å². The van der Waals surface area contributed by atoms with Crippen molar-refractivity contribution in [3.05, 3.63) is 34.9 Å². The lowest BCUT2D eigenvalue weighted by atomic mass is 10.3. The monoisotopic (exact) mass is 263 g/mol. The fraction of sp³-hybridized carbons (Fsp3) is 0.300. The van der Waals surface area contributed by atoms with Crippen LogP contribution < -0.4 is 0 Å². The van der Waals surface area contributed by atoms with Gasteiger partial charge >= 0.3 is 0 Å². The van der Waals surface area contributed by atoms with E-state index in [1.807, 2.05) is 0 Å². The molecule has 0 fully saturated rings. The highest BCUT2D eigenvalue weighted by atomic mass is 35.5. The van der Waals surface area contributed by atoms with Crippen LogP contribution in [0.2, 0.25) is 5.15 Å². The largest absolute Gasteiger partial charge is 0.233 e. The van der Waals surface area contributed by atoms with Gasteiger partial charge in [-0.3, -0.25) is 0 Å². The minimum atomic E-state index is -3.68. The molecule has 0 N–H and O–H groups in total. The molecule has 0 bridgehead atoms. The Hall–Kier alpha value is -0.940. The predicted octanol–water partition coefficient (Wildman–Crippen LogP) is 2.61. The van der Waals surface area contributed by atoms with Gasteiger partial charge in [0, 0.05) is 0 Å². The molecule has 1 rings (SSSR count). The van der Waals surface area contributed by atoms with Gasteiger partial charge in [0.2, 0.25) is 5.95 Å². The SMILES string of the molecule is CC(C)=CCS(=O)(=O)c1ccc(Cl)nc1F. The second kappa shape index (κ2) is 4.93. The van der Waals surface area contributed by atoms with Gasteiger partial charge in [-0.1, -0.05) is 23.3 Å². The molecule has 0 saturated carbocycles. The van der Waals surface area contributed by atoms with Crippen LogP contribution in [0.25, 0.3) is 0 Å². The van der Waals surface area contributed by atoms with Crippen LogP contribution in [0, 0.1) is 5.95 Å². The van der Waals surface area contributed by atoms with Crippen molar-refractivity contribution in [2.45, 2.75) is 18.7 Å². The molecule has 6 heteroatoms. The Morgan fingerprint density at radius 2 is 2.12 bits per heavy atom. The molecule has 0 saturated heterocycles. The zero-order valence-electron chi connectivity index (χ0n) is 8.87. The average molecular weight is 264 g/mol. The van der Waals surface area contributed by atoms with E-state index in [1.165, 1.54) is 12.1 Å². The minimum Gasteiger partial charge on any atom is -0.223 e. The highest BCUT2D eigenvalue weighted by Crippen LogP contribution is 2.17. The smallest absolute Gasteiger partial charge is 0.223 e. The van der Waals surface area contributed by atoms with Gasteiger partial charge in [-0.25, -0.2) is 13.4 Å². The van der Waals surface area contributed by atoms with E-state index in [-0.39, 0.29) is 10.9 Å². The van der Waals surface area contributed by atoms with Gasteiger partial charge in [0.25, 0.3) is 0 Å². The minimum absolute atomic E-state index is 0.0707. The van der Waals surface area contributed by atoms with Crippen molar-refractivity contribution in [1.82, 2.24) is 4.98 Å². The van der Waals surface area contributed by atoms with Crippen molar-refractivity contribution < 1.29 is 12.8 Å². The first-order valence-electron chi connectivity index (χ1n) is 4.51. The van der Waals surface area contributed by atoms with E-state index in [4.69, 9.17) is 11.6 Å². The first-order chi connectivity index (χ1) is 7.33. The molecule has 0 unspecified atom stereocenters. The van der Waals surface area contributed by atoms with Crippen molar-refractivity contribution in [2.75, 3.05) is 5.75 Å². The summed E-state index contributed by atoms with van der Waals surface area (Å²) in [4.78, 5) is 2.84. The lowest BCUT2D eigenvalue weighted by molar-refractivity contribution is 0.539. The number of rotatable bonds is 3. The fourth-order valence-corrected chi connectivity index (χ4v) is 2.44. The van der Waals surface area contributed by atoms with Crippen LogP contribution in [0.4, 0.5) is 4.39 Å². The third-order valence-electron chi connectivity index (χ3n) is 1.83. The van der Waals surface area contributed by atoms with Crippen LogP contribution >= 0.6 is 11.6 Å². The van der Waals surface area contributed by atoms with Crippen LogP contribution in [0.1, 0.15) is 13.8 Å². The summed E-state index contributed by atoms with van der Waals surface area (Å²) in [6.07, 6.45) is 1.52. The summed E-state index contributed by atoms with van der Waals surface area (Å²) >= 11 is 5.44. The molecule has 0 atom stereocenters. The van der Waals surface area contributed by atoms with Crippen molar-refractivity contribution in [3.8, 4) is 0 Å². The van der Waals surface area contributed by atoms with E-state index >= 15 is 0 Å². The quantitative estimate of drug-likeness (QED) is 0.622. The molecule has 88 valence electrons. The second-order valence-electron chi connectivity index (χ2n) is 3.49. The Balaban J connectivity index is 3.13. The van der Waals surface area contributed by atoms with E-state index < -0.39 is 20.7 Å². The first-order valence-corrected chi connectivity index (χ1v) is 6.54. The Kier molecular flexibility index (Phi) is 4.04. The number of aromatic nitrogens is 1. The normalized spacial score (nSPS) is 11.2. The van der Waals surface area contributed by atoms with Crippen molar-refractivity contribution >= 4 is 21.4 Å². The average Bonchev–Trinajstić information content (AvgIpc) is 2.14. The highest BCUT2D eigenvalue weighted by molar-refractivity contribution is 7.91. The van der Waals surface area contributed by atoms with Gasteiger partial charge in [-0.05, 0) is 26.0 Å². The molecule has 1 heterocycles. The topological polar surface area (TPSA) is 47.0 Å². The number of halogens is 2. The van der Waals surface area contributed by atoms with E-state index in [2.05, 4.69) is 4.98 Å². The summed E-state index contributed by atoms with van der Waals surface area (Å²) in [7, 11) is -3.68. The van der Waals surface area contributed by atoms with E-state index in [9.17, 15) is 12.8 Å². The molecule has 0 aliphatic carbocycles. The van der Waals surface area contributed by atoms with Gasteiger partial charge in [0.1, 0.15) is 10.0 Å². The zero-order valence-corrected chi connectivity index (χ0v) is 10.4. The van der Waals surface area contributed by atoms with Gasteiger partial charge in [-0.2, -0.15) is 4.39 Å². The van der Waals surface area contributed by atoms with E-state index in [1.54, 1.807) is 13.8 Å². The fourth-order valence-electron chi connectivity index (χ4n) is 0.997. The molecule has 3 nitrogen and oxygen atoms in total. The summed E-state index contributed by atoms with van der Waals surface area (Å²) in [5, 5.41) is -0.0707. The van der Waals surface area contributed by atoms with Gasteiger partial charge in [0.05, 0.1) is 5.75 Å². The summed E-state index contributed by atoms with van der Waals surface area (Å²) < 4.78 is 36.7. The number of sulfone groups is 1. The summed E-state index contributed by atoms with van der Waals surface area (Å²) in [5.41, 5.74) is 0.853. The molecule has 0 aliphatic rings. The van der Waals surface area contributed by atoms with Crippen LogP contribution in [0.3, 0.4) is 0 Å². The number of nitrogens with zero attached hydrogens (tertiary/aromatic N) is 1. The Morgan fingerprint density at radius 3 is 2.62 bits per heavy atom. The van der Waals surface area contributed by atoms with Crippen molar-refractivity contribution in [2.24, 2.45) is 0 Å². The lowest BCUT2D eigenvalue weighted by Gasteiger charge is -2.02. The first kappa shape index (κ1) is 13.1. The molecule has 1 aromatic rings. The molecule has 1 aromatic heterocycles. The predicted molar refractivity (Wildman–Crippen MR) is 60.7 cm³/mol. The maximum Gasteiger partial charge on any atom is 0.233 e. The van der Waals surface area contributed by atoms with Crippen LogP contribution in [0.5, 0.6) is 0 Å².